The first-order valence-corrected chi connectivity index (χ1v) is 9.37. The van der Waals surface area contributed by atoms with Crippen LogP contribution in [0.5, 0.6) is 0 Å². The summed E-state index contributed by atoms with van der Waals surface area (Å²) < 4.78 is 13.5. The second kappa shape index (κ2) is 7.63. The lowest BCUT2D eigenvalue weighted by molar-refractivity contribution is -0.122. The highest BCUT2D eigenvalue weighted by molar-refractivity contribution is 5.90. The molecule has 8 heteroatoms. The number of hydrogen-bond acceptors (Lipinski definition) is 5. The van der Waals surface area contributed by atoms with Crippen molar-refractivity contribution in [3.05, 3.63) is 59.9 Å². The molecular weight excluding hydrogens is 361 g/mol. The maximum Gasteiger partial charge on any atom is 0.291 e. The Balaban J connectivity index is 1.49. The highest BCUT2D eigenvalue weighted by Gasteiger charge is 2.44. The van der Waals surface area contributed by atoms with Gasteiger partial charge in [0.05, 0.1) is 5.54 Å². The van der Waals surface area contributed by atoms with Gasteiger partial charge in [-0.1, -0.05) is 12.1 Å². The Kier molecular flexibility index (Phi) is 5.04. The Morgan fingerprint density at radius 3 is 2.79 bits per heavy atom. The molecule has 4 rings (SSSR count). The number of rotatable bonds is 3. The Morgan fingerprint density at radius 1 is 1.18 bits per heavy atom. The number of aromatic nitrogens is 2. The van der Waals surface area contributed by atoms with Crippen molar-refractivity contribution >= 4 is 11.8 Å². The van der Waals surface area contributed by atoms with Gasteiger partial charge in [-0.25, -0.2) is 14.4 Å². The van der Waals surface area contributed by atoms with Crippen LogP contribution in [0, 0.1) is 5.82 Å². The van der Waals surface area contributed by atoms with Gasteiger partial charge in [-0.3, -0.25) is 14.5 Å². The fourth-order valence-electron chi connectivity index (χ4n) is 4.02. The highest BCUT2D eigenvalue weighted by atomic mass is 19.1. The van der Waals surface area contributed by atoms with Crippen LogP contribution in [0.3, 0.4) is 0 Å². The van der Waals surface area contributed by atoms with E-state index in [2.05, 4.69) is 20.2 Å². The molecule has 7 nitrogen and oxygen atoms in total. The van der Waals surface area contributed by atoms with E-state index in [0.29, 0.717) is 45.6 Å². The van der Waals surface area contributed by atoms with Gasteiger partial charge in [0.25, 0.3) is 5.91 Å². The monoisotopic (exact) mass is 383 g/mol. The maximum atomic E-state index is 13.5. The number of likely N-dealkylation sites (tertiary alicyclic amines) is 1. The highest BCUT2D eigenvalue weighted by Crippen LogP contribution is 2.26. The average Bonchev–Trinajstić information content (AvgIpc) is 3.02. The van der Waals surface area contributed by atoms with Gasteiger partial charge in [0.1, 0.15) is 5.82 Å². The molecule has 0 aliphatic carbocycles. The van der Waals surface area contributed by atoms with Gasteiger partial charge >= 0.3 is 0 Å². The van der Waals surface area contributed by atoms with E-state index in [1.54, 1.807) is 29.4 Å². The van der Waals surface area contributed by atoms with Crippen LogP contribution in [-0.2, 0) is 11.3 Å². The minimum absolute atomic E-state index is 0.0213. The van der Waals surface area contributed by atoms with Crippen molar-refractivity contribution in [2.75, 3.05) is 26.2 Å². The van der Waals surface area contributed by atoms with Crippen molar-refractivity contribution < 1.29 is 14.0 Å². The predicted molar refractivity (Wildman–Crippen MR) is 99.7 cm³/mol. The lowest BCUT2D eigenvalue weighted by atomic mass is 9.98. The standard InChI is InChI=1S/C20H22FN5O2/c21-16-4-1-3-15(11-16)12-25-9-5-17(27)24-20(13-25)6-10-26(14-20)19(28)18-22-7-2-8-23-18/h1-4,7-8,11H,5-6,9-10,12-14H2,(H,24,27). The first kappa shape index (κ1) is 18.5. The third-order valence-electron chi connectivity index (χ3n) is 5.28. The zero-order valence-corrected chi connectivity index (χ0v) is 15.5. The van der Waals surface area contributed by atoms with E-state index in [9.17, 15) is 14.0 Å². The summed E-state index contributed by atoms with van der Waals surface area (Å²) in [7, 11) is 0. The van der Waals surface area contributed by atoms with Crippen molar-refractivity contribution in [1.82, 2.24) is 25.1 Å². The summed E-state index contributed by atoms with van der Waals surface area (Å²) in [4.78, 5) is 36.9. The van der Waals surface area contributed by atoms with Gasteiger partial charge in [0, 0.05) is 51.5 Å². The minimum atomic E-state index is -0.509. The quantitative estimate of drug-likeness (QED) is 0.862. The summed E-state index contributed by atoms with van der Waals surface area (Å²) in [6.45, 7) is 2.71. The van der Waals surface area contributed by atoms with E-state index in [0.717, 1.165) is 5.56 Å². The number of carbonyl (C=O) groups is 2. The predicted octanol–water partition coefficient (Wildman–Crippen LogP) is 1.22. The summed E-state index contributed by atoms with van der Waals surface area (Å²) in [5.74, 6) is -0.354. The number of carbonyl (C=O) groups excluding carboxylic acids is 2. The molecule has 2 aliphatic rings. The fraction of sp³-hybridized carbons (Fsp3) is 0.400. The molecule has 3 heterocycles. The normalized spacial score (nSPS) is 22.9. The second-order valence-corrected chi connectivity index (χ2v) is 7.47. The fourth-order valence-corrected chi connectivity index (χ4v) is 4.02. The average molecular weight is 383 g/mol. The SMILES string of the molecule is O=C1CCN(Cc2cccc(F)c2)CC2(CCN(C(=O)c3ncccn3)C2)N1. The molecule has 0 saturated carbocycles. The van der Waals surface area contributed by atoms with E-state index in [4.69, 9.17) is 0 Å². The molecule has 2 saturated heterocycles. The molecule has 0 bridgehead atoms. The lowest BCUT2D eigenvalue weighted by Crippen LogP contribution is -2.55. The molecule has 1 aromatic carbocycles. The van der Waals surface area contributed by atoms with Crippen LogP contribution in [0.1, 0.15) is 29.0 Å². The molecule has 1 unspecified atom stereocenters. The molecule has 1 atom stereocenters. The number of amides is 2. The van der Waals surface area contributed by atoms with Crippen LogP contribution >= 0.6 is 0 Å². The second-order valence-electron chi connectivity index (χ2n) is 7.47. The molecule has 146 valence electrons. The van der Waals surface area contributed by atoms with Gasteiger partial charge in [-0.2, -0.15) is 0 Å². The molecular formula is C20H22FN5O2. The third kappa shape index (κ3) is 4.01. The van der Waals surface area contributed by atoms with Crippen LogP contribution in [0.25, 0.3) is 0 Å². The van der Waals surface area contributed by atoms with Crippen LogP contribution < -0.4 is 5.32 Å². The van der Waals surface area contributed by atoms with Crippen molar-refractivity contribution in [3.63, 3.8) is 0 Å². The summed E-state index contributed by atoms with van der Waals surface area (Å²) in [6, 6.07) is 8.18. The Bertz CT molecular complexity index is 878. The smallest absolute Gasteiger partial charge is 0.291 e. The van der Waals surface area contributed by atoms with Gasteiger partial charge in [-0.05, 0) is 30.2 Å². The summed E-state index contributed by atoms with van der Waals surface area (Å²) >= 11 is 0. The zero-order valence-electron chi connectivity index (χ0n) is 15.5. The van der Waals surface area contributed by atoms with Crippen LogP contribution in [0.15, 0.2) is 42.7 Å². The number of halogens is 1. The van der Waals surface area contributed by atoms with Crippen molar-refractivity contribution in [2.24, 2.45) is 0 Å². The number of benzene rings is 1. The largest absolute Gasteiger partial charge is 0.347 e. The third-order valence-corrected chi connectivity index (χ3v) is 5.28. The van der Waals surface area contributed by atoms with Crippen LogP contribution in [0.4, 0.5) is 4.39 Å². The molecule has 2 amide bonds. The Labute approximate surface area is 162 Å². The van der Waals surface area contributed by atoms with E-state index in [1.807, 2.05) is 6.07 Å². The number of hydrogen-bond donors (Lipinski definition) is 1. The van der Waals surface area contributed by atoms with E-state index in [-0.39, 0.29) is 23.5 Å². The maximum absolute atomic E-state index is 13.5. The molecule has 1 N–H and O–H groups in total. The molecule has 2 fully saturated rings. The van der Waals surface area contributed by atoms with Crippen molar-refractivity contribution in [2.45, 2.75) is 24.9 Å². The minimum Gasteiger partial charge on any atom is -0.347 e. The van der Waals surface area contributed by atoms with E-state index >= 15 is 0 Å². The number of nitrogens with zero attached hydrogens (tertiary/aromatic N) is 4. The topological polar surface area (TPSA) is 78.4 Å². The van der Waals surface area contributed by atoms with Gasteiger partial charge in [0.15, 0.2) is 0 Å². The van der Waals surface area contributed by atoms with Crippen molar-refractivity contribution in [1.29, 1.82) is 0 Å². The molecule has 1 spiro atoms. The molecule has 2 aromatic rings. The summed E-state index contributed by atoms with van der Waals surface area (Å²) in [5.41, 5.74) is 0.360. The molecule has 28 heavy (non-hydrogen) atoms. The van der Waals surface area contributed by atoms with Gasteiger partial charge in [-0.15, -0.1) is 0 Å². The zero-order chi connectivity index (χ0) is 19.6. The first-order valence-electron chi connectivity index (χ1n) is 9.37. The first-order chi connectivity index (χ1) is 13.5. The van der Waals surface area contributed by atoms with Crippen LogP contribution in [-0.4, -0.2) is 63.3 Å². The lowest BCUT2D eigenvalue weighted by Gasteiger charge is -2.33. The molecule has 1 aromatic heterocycles. The Hall–Kier alpha value is -2.87. The van der Waals surface area contributed by atoms with Crippen molar-refractivity contribution in [3.8, 4) is 0 Å². The van der Waals surface area contributed by atoms with Gasteiger partial charge in [0.2, 0.25) is 11.7 Å². The molecule has 0 radical (unpaired) electrons. The van der Waals surface area contributed by atoms with Crippen LogP contribution in [0.2, 0.25) is 0 Å². The van der Waals surface area contributed by atoms with Gasteiger partial charge < -0.3 is 10.2 Å². The summed E-state index contributed by atoms with van der Waals surface area (Å²) in [5, 5.41) is 3.13. The summed E-state index contributed by atoms with van der Waals surface area (Å²) in [6.07, 6.45) is 4.13. The Morgan fingerprint density at radius 2 is 2.00 bits per heavy atom. The molecule has 2 aliphatic heterocycles. The van der Waals surface area contributed by atoms with E-state index in [1.165, 1.54) is 12.1 Å². The number of nitrogens with one attached hydrogen (secondary N) is 1. The van der Waals surface area contributed by atoms with E-state index < -0.39 is 5.54 Å².